The third kappa shape index (κ3) is 6.97. The molecule has 1 N–H and O–H groups in total. The van der Waals surface area contributed by atoms with Gasteiger partial charge in [0, 0.05) is 14.1 Å². The van der Waals surface area contributed by atoms with E-state index in [2.05, 4.69) is 5.32 Å². The number of nitrogens with one attached hydrogen (secondary N) is 1. The molecule has 0 saturated carbocycles. The lowest BCUT2D eigenvalue weighted by atomic mass is 10.2. The van der Waals surface area contributed by atoms with Crippen molar-refractivity contribution in [3.05, 3.63) is 22.7 Å². The Morgan fingerprint density at radius 3 is 2.48 bits per heavy atom. The number of carbonyl (C=O) groups excluding carboxylic acids is 3. The Bertz CT molecular complexity index is 693. The summed E-state index contributed by atoms with van der Waals surface area (Å²) >= 11 is 6.19. The van der Waals surface area contributed by atoms with Crippen LogP contribution in [0.4, 0.5) is 0 Å². The zero-order valence-electron chi connectivity index (χ0n) is 16.1. The average molecular weight is 401 g/mol. The number of nitrogens with zero attached hydrogens (tertiary/aromatic N) is 1. The van der Waals surface area contributed by atoms with Crippen molar-refractivity contribution >= 4 is 29.4 Å². The molecule has 9 heteroatoms. The second kappa shape index (κ2) is 10.6. The van der Waals surface area contributed by atoms with Gasteiger partial charge in [0.15, 0.2) is 18.1 Å². The number of halogens is 1. The molecule has 0 bridgehead atoms. The molecule has 0 saturated heterocycles. The molecule has 0 fully saturated rings. The lowest BCUT2D eigenvalue weighted by Gasteiger charge is -2.17. The van der Waals surface area contributed by atoms with Gasteiger partial charge in [-0.05, 0) is 18.1 Å². The molecule has 0 spiro atoms. The smallest absolute Gasteiger partial charge is 0.338 e. The van der Waals surface area contributed by atoms with Crippen molar-refractivity contribution in [3.8, 4) is 11.5 Å². The lowest BCUT2D eigenvalue weighted by molar-refractivity contribution is -0.137. The Morgan fingerprint density at radius 2 is 1.93 bits per heavy atom. The summed E-state index contributed by atoms with van der Waals surface area (Å²) in [6, 6.07) is 2.82. The number of methoxy groups -OCH3 is 1. The zero-order valence-corrected chi connectivity index (χ0v) is 16.9. The van der Waals surface area contributed by atoms with Crippen LogP contribution in [0.5, 0.6) is 11.5 Å². The van der Waals surface area contributed by atoms with Crippen LogP contribution in [0.25, 0.3) is 0 Å². The fourth-order valence-electron chi connectivity index (χ4n) is 1.93. The van der Waals surface area contributed by atoms with Gasteiger partial charge in [0.05, 0.1) is 30.8 Å². The molecule has 0 aliphatic heterocycles. The van der Waals surface area contributed by atoms with Crippen LogP contribution in [0.15, 0.2) is 12.1 Å². The second-order valence-corrected chi connectivity index (χ2v) is 6.60. The lowest BCUT2D eigenvalue weighted by Crippen LogP contribution is -2.39. The zero-order chi connectivity index (χ0) is 20.6. The molecule has 0 atom stereocenters. The highest BCUT2D eigenvalue weighted by Gasteiger charge is 2.19. The minimum absolute atomic E-state index is 0.121. The number of esters is 1. The SMILES string of the molecule is CNC(=O)CN(C)C(=O)COC(=O)c1cc(Cl)c(OCC(C)C)c(OC)c1. The van der Waals surface area contributed by atoms with E-state index in [-0.39, 0.29) is 34.7 Å². The first-order valence-corrected chi connectivity index (χ1v) is 8.69. The topological polar surface area (TPSA) is 94.2 Å². The van der Waals surface area contributed by atoms with E-state index in [1.54, 1.807) is 0 Å². The molecule has 27 heavy (non-hydrogen) atoms. The van der Waals surface area contributed by atoms with E-state index in [9.17, 15) is 14.4 Å². The number of carbonyl (C=O) groups is 3. The monoisotopic (exact) mass is 400 g/mol. The molecule has 2 amide bonds. The highest BCUT2D eigenvalue weighted by molar-refractivity contribution is 6.32. The fourth-order valence-corrected chi connectivity index (χ4v) is 2.20. The van der Waals surface area contributed by atoms with Gasteiger partial charge in [0.25, 0.3) is 5.91 Å². The van der Waals surface area contributed by atoms with Crippen LogP contribution in [0.3, 0.4) is 0 Å². The number of ether oxygens (including phenoxy) is 3. The van der Waals surface area contributed by atoms with Gasteiger partial charge in [-0.25, -0.2) is 4.79 Å². The predicted molar refractivity (Wildman–Crippen MR) is 100 cm³/mol. The number of hydrogen-bond acceptors (Lipinski definition) is 6. The maximum atomic E-state index is 12.2. The average Bonchev–Trinajstić information content (AvgIpc) is 2.63. The van der Waals surface area contributed by atoms with E-state index in [4.69, 9.17) is 25.8 Å². The second-order valence-electron chi connectivity index (χ2n) is 6.19. The van der Waals surface area contributed by atoms with Gasteiger partial charge in [0.2, 0.25) is 5.91 Å². The highest BCUT2D eigenvalue weighted by atomic mass is 35.5. The van der Waals surface area contributed by atoms with E-state index in [1.807, 2.05) is 13.8 Å². The summed E-state index contributed by atoms with van der Waals surface area (Å²) in [5.74, 6) is -0.669. The molecule has 1 aromatic carbocycles. The molecule has 1 aromatic rings. The summed E-state index contributed by atoms with van der Waals surface area (Å²) in [4.78, 5) is 36.6. The van der Waals surface area contributed by atoms with Crippen molar-refractivity contribution < 1.29 is 28.6 Å². The van der Waals surface area contributed by atoms with E-state index >= 15 is 0 Å². The van der Waals surface area contributed by atoms with E-state index < -0.39 is 18.5 Å². The first kappa shape index (κ1) is 22.6. The van der Waals surface area contributed by atoms with Crippen molar-refractivity contribution in [3.63, 3.8) is 0 Å². The van der Waals surface area contributed by atoms with Gasteiger partial charge in [-0.3, -0.25) is 9.59 Å². The van der Waals surface area contributed by atoms with Crippen molar-refractivity contribution in [1.29, 1.82) is 0 Å². The van der Waals surface area contributed by atoms with Crippen molar-refractivity contribution in [2.45, 2.75) is 13.8 Å². The predicted octanol–water partition coefficient (Wildman–Crippen LogP) is 1.74. The quantitative estimate of drug-likeness (QED) is 0.634. The molecule has 150 valence electrons. The number of hydrogen-bond donors (Lipinski definition) is 1. The third-order valence-corrected chi connectivity index (χ3v) is 3.72. The van der Waals surface area contributed by atoms with Gasteiger partial charge in [-0.1, -0.05) is 25.4 Å². The number of amides is 2. The summed E-state index contributed by atoms with van der Waals surface area (Å²) in [6.45, 7) is 3.78. The number of benzene rings is 1. The van der Waals surface area contributed by atoms with Crippen LogP contribution in [0, 0.1) is 5.92 Å². The molecular formula is C18H25ClN2O6. The molecule has 8 nitrogen and oxygen atoms in total. The molecule has 0 aliphatic rings. The molecule has 1 rings (SSSR count). The minimum atomic E-state index is -0.743. The summed E-state index contributed by atoms with van der Waals surface area (Å²) in [6.07, 6.45) is 0. The van der Waals surface area contributed by atoms with Crippen LogP contribution < -0.4 is 14.8 Å². The minimum Gasteiger partial charge on any atom is -0.493 e. The normalized spacial score (nSPS) is 10.3. The van der Waals surface area contributed by atoms with Crippen LogP contribution >= 0.6 is 11.6 Å². The van der Waals surface area contributed by atoms with Crippen LogP contribution in [-0.2, 0) is 14.3 Å². The first-order chi connectivity index (χ1) is 12.7. The maximum absolute atomic E-state index is 12.2. The molecular weight excluding hydrogens is 376 g/mol. The largest absolute Gasteiger partial charge is 0.493 e. The van der Waals surface area contributed by atoms with E-state index in [0.717, 1.165) is 4.90 Å². The molecule has 0 heterocycles. The van der Waals surface area contributed by atoms with Crippen molar-refractivity contribution in [2.24, 2.45) is 5.92 Å². The summed E-state index contributed by atoms with van der Waals surface area (Å²) in [5.41, 5.74) is 0.121. The van der Waals surface area contributed by atoms with E-state index in [1.165, 1.54) is 33.3 Å². The summed E-state index contributed by atoms with van der Waals surface area (Å²) in [5, 5.41) is 2.60. The summed E-state index contributed by atoms with van der Waals surface area (Å²) < 4.78 is 15.9. The van der Waals surface area contributed by atoms with E-state index in [0.29, 0.717) is 12.4 Å². The molecule has 0 radical (unpaired) electrons. The van der Waals surface area contributed by atoms with Gasteiger partial charge < -0.3 is 24.4 Å². The van der Waals surface area contributed by atoms with Gasteiger partial charge in [0.1, 0.15) is 0 Å². The van der Waals surface area contributed by atoms with Gasteiger partial charge in [-0.2, -0.15) is 0 Å². The van der Waals surface area contributed by atoms with Crippen molar-refractivity contribution in [2.75, 3.05) is 41.0 Å². The molecule has 0 aromatic heterocycles. The van der Waals surface area contributed by atoms with Crippen LogP contribution in [-0.4, -0.2) is 63.6 Å². The Kier molecular flexibility index (Phi) is 8.87. The Hall–Kier alpha value is -2.48. The fraction of sp³-hybridized carbons (Fsp3) is 0.500. The number of likely N-dealkylation sites (N-methyl/N-ethyl adjacent to an activating group) is 2. The van der Waals surface area contributed by atoms with Gasteiger partial charge >= 0.3 is 5.97 Å². The van der Waals surface area contributed by atoms with Gasteiger partial charge in [-0.15, -0.1) is 0 Å². The Labute approximate surface area is 163 Å². The standard InChI is InChI=1S/C18H25ClN2O6/c1-11(2)9-26-17-13(19)6-12(7-14(17)25-5)18(24)27-10-16(23)21(4)8-15(22)20-3/h6-7,11H,8-10H2,1-5H3,(H,20,22). The highest BCUT2D eigenvalue weighted by Crippen LogP contribution is 2.36. The maximum Gasteiger partial charge on any atom is 0.338 e. The first-order valence-electron chi connectivity index (χ1n) is 8.31. The Morgan fingerprint density at radius 1 is 1.26 bits per heavy atom. The van der Waals surface area contributed by atoms with Crippen molar-refractivity contribution in [1.82, 2.24) is 10.2 Å². The summed E-state index contributed by atoms with van der Waals surface area (Å²) in [7, 11) is 4.33. The third-order valence-electron chi connectivity index (χ3n) is 3.44. The van der Waals surface area contributed by atoms with Crippen LogP contribution in [0.2, 0.25) is 5.02 Å². The Balaban J connectivity index is 2.78. The molecule has 0 unspecified atom stereocenters. The molecule has 0 aliphatic carbocycles. The number of rotatable bonds is 9. The van der Waals surface area contributed by atoms with Crippen LogP contribution in [0.1, 0.15) is 24.2 Å².